The van der Waals surface area contributed by atoms with Crippen LogP contribution in [0.5, 0.6) is 17.2 Å². The van der Waals surface area contributed by atoms with Crippen LogP contribution in [0, 0.1) is 0 Å². The van der Waals surface area contributed by atoms with Crippen LogP contribution in [0.25, 0.3) is 10.8 Å². The van der Waals surface area contributed by atoms with Gasteiger partial charge in [0.05, 0.1) is 36.7 Å². The summed E-state index contributed by atoms with van der Waals surface area (Å²) in [5.41, 5.74) is 2.78. The monoisotopic (exact) mass is 687 g/mol. The highest BCUT2D eigenvalue weighted by atomic mass is 35.5. The summed E-state index contributed by atoms with van der Waals surface area (Å²) in [7, 11) is 3.58. The molecule has 4 aliphatic heterocycles. The van der Waals surface area contributed by atoms with E-state index in [1.165, 1.54) is 0 Å². The number of ether oxygens (including phenoxy) is 3. The van der Waals surface area contributed by atoms with Crippen LogP contribution in [-0.2, 0) is 4.79 Å². The quantitative estimate of drug-likeness (QED) is 0.217. The van der Waals surface area contributed by atoms with Gasteiger partial charge in [0.2, 0.25) is 5.91 Å². The van der Waals surface area contributed by atoms with Gasteiger partial charge in [-0.05, 0) is 49.7 Å². The van der Waals surface area contributed by atoms with Gasteiger partial charge >= 0.3 is 6.09 Å². The van der Waals surface area contributed by atoms with Gasteiger partial charge in [0, 0.05) is 81.2 Å². The van der Waals surface area contributed by atoms with Crippen molar-refractivity contribution in [3.63, 3.8) is 0 Å². The first kappa shape index (κ1) is 33.2. The van der Waals surface area contributed by atoms with E-state index < -0.39 is 0 Å². The highest BCUT2D eigenvalue weighted by molar-refractivity contribution is 6.19. The highest BCUT2D eigenvalue weighted by Gasteiger charge is 2.35. The molecule has 7 rings (SSSR count). The standard InChI is InChI=1S/C37H42ClN5O6/c1-40-13-15-41(16-14-40)37(46)49-31-20-30-35(27-10-4-3-9-26(27)31)24(21-38)23-43(30)34(44)11-7-17-48-33-19-29-28(18-32(33)47-2)36(45)42-12-6-5-8-25(42)22-39-29/h3-4,9-10,18-20,22,24-25H,5-8,11-17,21,23H2,1-2H3/t24-,25+/m1/s1. The summed E-state index contributed by atoms with van der Waals surface area (Å²) in [6.07, 6.45) is 5.13. The molecule has 3 aromatic carbocycles. The fourth-order valence-electron chi connectivity index (χ4n) is 7.33. The maximum absolute atomic E-state index is 13.8. The number of likely N-dealkylation sites (N-methyl/N-ethyl adjacent to an activating group) is 1. The third-order valence-electron chi connectivity index (χ3n) is 10.1. The topological polar surface area (TPSA) is 104 Å². The SMILES string of the molecule is COc1cc2c(cc1OCCCC(=O)N1C[C@@H](CCl)c3c1cc(OC(=O)N1CCN(C)CC1)c1ccccc31)N=C[C@@H]1CCCCN1C2=O. The Bertz CT molecular complexity index is 1790. The Balaban J connectivity index is 1.06. The van der Waals surface area contributed by atoms with E-state index in [0.29, 0.717) is 60.4 Å². The number of fused-ring (bicyclic) bond motifs is 5. The van der Waals surface area contributed by atoms with Crippen LogP contribution in [0.4, 0.5) is 16.2 Å². The van der Waals surface area contributed by atoms with Crippen LogP contribution < -0.4 is 19.1 Å². The van der Waals surface area contributed by atoms with Crippen LogP contribution in [-0.4, -0.2) is 111 Å². The second-order valence-electron chi connectivity index (χ2n) is 13.2. The zero-order chi connectivity index (χ0) is 34.1. The molecule has 2 saturated heterocycles. The van der Waals surface area contributed by atoms with Crippen molar-refractivity contribution in [2.75, 3.05) is 70.8 Å². The number of amides is 3. The number of benzene rings is 3. The molecule has 49 heavy (non-hydrogen) atoms. The van der Waals surface area contributed by atoms with Crippen LogP contribution in [0.15, 0.2) is 47.5 Å². The molecule has 0 unspecified atom stereocenters. The molecule has 2 atom stereocenters. The van der Waals surface area contributed by atoms with Crippen molar-refractivity contribution in [1.29, 1.82) is 0 Å². The minimum absolute atomic E-state index is 0.00205. The number of carbonyl (C=O) groups is 3. The minimum atomic E-state index is -0.390. The van der Waals surface area contributed by atoms with E-state index in [4.69, 9.17) is 25.8 Å². The molecule has 0 aliphatic carbocycles. The average molecular weight is 688 g/mol. The van der Waals surface area contributed by atoms with Crippen LogP contribution in [0.1, 0.15) is 53.9 Å². The van der Waals surface area contributed by atoms with Gasteiger partial charge in [0.15, 0.2) is 11.5 Å². The van der Waals surface area contributed by atoms with E-state index >= 15 is 0 Å². The van der Waals surface area contributed by atoms with Gasteiger partial charge in [-0.3, -0.25) is 14.6 Å². The minimum Gasteiger partial charge on any atom is -0.493 e. The van der Waals surface area contributed by atoms with Crippen molar-refractivity contribution >= 4 is 57.9 Å². The molecule has 11 nitrogen and oxygen atoms in total. The van der Waals surface area contributed by atoms with Crippen molar-refractivity contribution in [2.24, 2.45) is 4.99 Å². The second-order valence-corrected chi connectivity index (χ2v) is 13.5. The number of carbonyl (C=O) groups excluding carboxylic acids is 3. The first-order valence-electron chi connectivity index (χ1n) is 17.1. The molecule has 0 radical (unpaired) electrons. The number of nitrogens with zero attached hydrogens (tertiary/aromatic N) is 5. The molecule has 4 heterocycles. The molecule has 3 aromatic rings. The second kappa shape index (κ2) is 14.2. The van der Waals surface area contributed by atoms with Crippen molar-refractivity contribution in [2.45, 2.75) is 44.1 Å². The molecule has 0 N–H and O–H groups in total. The summed E-state index contributed by atoms with van der Waals surface area (Å²) in [4.78, 5) is 52.5. The third-order valence-corrected chi connectivity index (χ3v) is 10.4. The van der Waals surface area contributed by atoms with E-state index in [1.807, 2.05) is 48.5 Å². The predicted octanol–water partition coefficient (Wildman–Crippen LogP) is 5.83. The van der Waals surface area contributed by atoms with E-state index in [9.17, 15) is 14.4 Å². The molecule has 4 aliphatic rings. The number of piperidine rings is 1. The lowest BCUT2D eigenvalue weighted by Crippen LogP contribution is -2.48. The lowest BCUT2D eigenvalue weighted by Gasteiger charge is -2.32. The Kier molecular flexibility index (Phi) is 9.64. The first-order valence-corrected chi connectivity index (χ1v) is 17.7. The van der Waals surface area contributed by atoms with Gasteiger partial charge in [0.1, 0.15) is 5.75 Å². The number of methoxy groups -OCH3 is 1. The first-order chi connectivity index (χ1) is 23.9. The predicted molar refractivity (Wildman–Crippen MR) is 189 cm³/mol. The summed E-state index contributed by atoms with van der Waals surface area (Å²) >= 11 is 6.47. The Labute approximate surface area is 291 Å². The Morgan fingerprint density at radius 3 is 2.55 bits per heavy atom. The smallest absolute Gasteiger partial charge is 0.415 e. The Morgan fingerprint density at radius 2 is 1.78 bits per heavy atom. The zero-order valence-electron chi connectivity index (χ0n) is 28.0. The summed E-state index contributed by atoms with van der Waals surface area (Å²) in [5.74, 6) is 1.55. The molecular weight excluding hydrogens is 646 g/mol. The number of aliphatic imine (C=N–C) groups is 1. The van der Waals surface area contributed by atoms with E-state index in [1.54, 1.807) is 29.0 Å². The molecule has 258 valence electrons. The fourth-order valence-corrected chi connectivity index (χ4v) is 7.58. The van der Waals surface area contributed by atoms with E-state index in [-0.39, 0.29) is 42.9 Å². The number of halogens is 1. The lowest BCUT2D eigenvalue weighted by molar-refractivity contribution is -0.118. The van der Waals surface area contributed by atoms with Crippen LogP contribution in [0.3, 0.4) is 0 Å². The zero-order valence-corrected chi connectivity index (χ0v) is 28.8. The van der Waals surface area contributed by atoms with Crippen molar-refractivity contribution in [3.8, 4) is 17.2 Å². The molecule has 0 bridgehead atoms. The third kappa shape index (κ3) is 6.53. The van der Waals surface area contributed by atoms with Crippen LogP contribution >= 0.6 is 11.6 Å². The highest BCUT2D eigenvalue weighted by Crippen LogP contribution is 2.46. The number of hydrogen-bond acceptors (Lipinski definition) is 8. The number of anilines is 1. The average Bonchev–Trinajstić information content (AvgIpc) is 3.45. The molecule has 0 saturated carbocycles. The van der Waals surface area contributed by atoms with Crippen molar-refractivity contribution in [3.05, 3.63) is 53.6 Å². The van der Waals surface area contributed by atoms with Crippen molar-refractivity contribution in [1.82, 2.24) is 14.7 Å². The van der Waals surface area contributed by atoms with Crippen LogP contribution in [0.2, 0.25) is 0 Å². The maximum Gasteiger partial charge on any atom is 0.415 e. The molecular formula is C37H42ClN5O6. The largest absolute Gasteiger partial charge is 0.493 e. The fraction of sp³-hybridized carbons (Fsp3) is 0.459. The number of alkyl halides is 1. The van der Waals surface area contributed by atoms with Gasteiger partial charge in [-0.2, -0.15) is 0 Å². The Morgan fingerprint density at radius 1 is 0.980 bits per heavy atom. The number of piperazine rings is 1. The van der Waals surface area contributed by atoms with Gasteiger partial charge in [-0.15, -0.1) is 11.6 Å². The summed E-state index contributed by atoms with van der Waals surface area (Å²) in [6.45, 7) is 4.20. The summed E-state index contributed by atoms with van der Waals surface area (Å²) < 4.78 is 17.7. The van der Waals surface area contributed by atoms with Gasteiger partial charge in [-0.1, -0.05) is 24.3 Å². The molecule has 2 fully saturated rings. The Hall–Kier alpha value is -4.35. The molecule has 3 amide bonds. The normalized spacial score (nSPS) is 20.5. The molecule has 0 spiro atoms. The van der Waals surface area contributed by atoms with Crippen molar-refractivity contribution < 1.29 is 28.6 Å². The van der Waals surface area contributed by atoms with E-state index in [0.717, 1.165) is 60.9 Å². The van der Waals surface area contributed by atoms with Gasteiger partial charge < -0.3 is 33.8 Å². The molecule has 12 heteroatoms. The maximum atomic E-state index is 13.8. The van der Waals surface area contributed by atoms with E-state index in [2.05, 4.69) is 9.89 Å². The molecule has 0 aromatic heterocycles. The summed E-state index contributed by atoms with van der Waals surface area (Å²) in [5, 5.41) is 1.75. The summed E-state index contributed by atoms with van der Waals surface area (Å²) in [6, 6.07) is 13.1. The van der Waals surface area contributed by atoms with Gasteiger partial charge in [-0.25, -0.2) is 4.79 Å². The lowest BCUT2D eigenvalue weighted by atomic mass is 9.95. The number of hydrogen-bond donors (Lipinski definition) is 0. The van der Waals surface area contributed by atoms with Gasteiger partial charge in [0.25, 0.3) is 5.91 Å². The number of rotatable bonds is 8.